The molecule has 1 aromatic carbocycles. The fourth-order valence-corrected chi connectivity index (χ4v) is 7.14. The minimum absolute atomic E-state index is 0.0279. The fraction of sp³-hybridized carbons (Fsp3) is 0.646. The molecule has 9 amide bonds. The lowest BCUT2D eigenvalue weighted by molar-refractivity contribution is -0.141. The first-order chi connectivity index (χ1) is 33.8. The van der Waals surface area contributed by atoms with Gasteiger partial charge in [0.05, 0.1) is 12.5 Å². The number of hydrogen-bond acceptors (Lipinski definition) is 13. The molecular formula is C48H79N11O13. The smallest absolute Gasteiger partial charge is 0.325 e. The number of primary amides is 1. The largest absolute Gasteiger partial charge is 0.481 e. The predicted octanol–water partition coefficient (Wildman–Crippen LogP) is -1.43. The molecule has 11 atom stereocenters. The highest BCUT2D eigenvalue weighted by Gasteiger charge is 2.37. The number of hydrogen-bond donors (Lipinski definition) is 13. The van der Waals surface area contributed by atoms with Crippen LogP contribution < -0.4 is 59.7 Å². The quantitative estimate of drug-likeness (QED) is 0.0352. The van der Waals surface area contributed by atoms with Crippen LogP contribution in [-0.4, -0.2) is 136 Å². The van der Waals surface area contributed by atoms with Crippen molar-refractivity contribution in [3.8, 4) is 0 Å². The van der Waals surface area contributed by atoms with Gasteiger partial charge in [-0.1, -0.05) is 84.7 Å². The van der Waals surface area contributed by atoms with Crippen LogP contribution in [0.3, 0.4) is 0 Å². The SMILES string of the molecule is CC[C@H](C)[C@H](NC(=O)[C@@H](NC(=O)[C@@H](N)Cc1ccccc1)[C@@H](C)CC)C(=O)N[C@@H](CCC(=O)O)C(=O)N[C@@H](CC(N)=O)C(=O)N[C@@H](CC(C)C)C(=O)N[C@@H](CCCCN)C(=O)N[C@@H](C)C(=O)N[C@@H](C)C(=O)O. The van der Waals surface area contributed by atoms with Gasteiger partial charge in [0.15, 0.2) is 0 Å². The van der Waals surface area contributed by atoms with Crippen LogP contribution in [0, 0.1) is 17.8 Å². The number of rotatable bonds is 34. The lowest BCUT2D eigenvalue weighted by Crippen LogP contribution is -2.61. The molecule has 0 radical (unpaired) electrons. The highest BCUT2D eigenvalue weighted by Crippen LogP contribution is 2.15. The molecule has 0 saturated heterocycles. The number of carbonyl (C=O) groups excluding carboxylic acids is 9. The third-order valence-corrected chi connectivity index (χ3v) is 11.9. The maximum atomic E-state index is 14.1. The number of nitrogens with one attached hydrogen (secondary N) is 8. The summed E-state index contributed by atoms with van der Waals surface area (Å²) in [5.74, 6) is -11.9. The summed E-state index contributed by atoms with van der Waals surface area (Å²) in [5.41, 5.74) is 18.1. The third-order valence-electron chi connectivity index (χ3n) is 11.9. The predicted molar refractivity (Wildman–Crippen MR) is 265 cm³/mol. The molecule has 0 saturated carbocycles. The Morgan fingerprint density at radius 3 is 1.51 bits per heavy atom. The molecule has 72 heavy (non-hydrogen) atoms. The van der Waals surface area contributed by atoms with Crippen LogP contribution in [0.2, 0.25) is 0 Å². The highest BCUT2D eigenvalue weighted by molar-refractivity contribution is 5.99. The average molecular weight is 1020 g/mol. The number of aliphatic carboxylic acids is 2. The van der Waals surface area contributed by atoms with E-state index in [-0.39, 0.29) is 31.7 Å². The molecule has 16 N–H and O–H groups in total. The summed E-state index contributed by atoms with van der Waals surface area (Å²) in [7, 11) is 0. The maximum Gasteiger partial charge on any atom is 0.325 e. The Labute approximate surface area is 421 Å². The van der Waals surface area contributed by atoms with Crippen LogP contribution in [0.5, 0.6) is 0 Å². The van der Waals surface area contributed by atoms with Gasteiger partial charge < -0.3 is 69.9 Å². The summed E-state index contributed by atoms with van der Waals surface area (Å²) in [6.45, 7) is 13.2. The molecule has 0 spiro atoms. The first kappa shape index (κ1) is 63.3. The number of carboxylic acid groups (broad SMARTS) is 2. The van der Waals surface area contributed by atoms with Gasteiger partial charge >= 0.3 is 11.9 Å². The molecule has 0 aliphatic rings. The first-order valence-electron chi connectivity index (χ1n) is 24.4. The standard InChI is InChI=1S/C48H79N11O13/c1-9-26(5)38(59-47(70)39(27(6)10-2)58-41(64)31(50)23-30-16-12-11-13-17-30)46(69)55-33(19-20-37(61)62)43(66)57-35(24-36(51)60)45(68)56-34(22-25(3)4)44(67)54-32(18-14-15-21-49)42(65)52-28(7)40(63)53-29(8)48(71)72/h11-13,16-17,25-29,31-35,38-39H,9-10,14-15,18-24,49-50H2,1-8H3,(H2,51,60)(H,52,65)(H,53,63)(H,54,67)(H,55,69)(H,56,68)(H,57,66)(H,58,64)(H,59,70)(H,61,62)(H,71,72)/t26-,27-,28-,29-,31-,32-,33-,34-,35-,38-,39-/m0/s1. The van der Waals surface area contributed by atoms with Gasteiger partial charge in [-0.2, -0.15) is 0 Å². The summed E-state index contributed by atoms with van der Waals surface area (Å²) >= 11 is 0. The van der Waals surface area contributed by atoms with Crippen molar-refractivity contribution in [2.45, 2.75) is 174 Å². The Kier molecular flexibility index (Phi) is 28.4. The van der Waals surface area contributed by atoms with Crippen LogP contribution in [0.4, 0.5) is 0 Å². The van der Waals surface area contributed by atoms with E-state index in [9.17, 15) is 57.8 Å². The zero-order chi connectivity index (χ0) is 54.8. The molecular weight excluding hydrogens is 939 g/mol. The number of carbonyl (C=O) groups is 11. The number of carboxylic acids is 2. The molecule has 0 aliphatic carbocycles. The van der Waals surface area contributed by atoms with E-state index in [0.29, 0.717) is 25.7 Å². The van der Waals surface area contributed by atoms with Gasteiger partial charge in [-0.3, -0.25) is 52.7 Å². The summed E-state index contributed by atoms with van der Waals surface area (Å²) in [6.07, 6.45) is -0.202. The average Bonchev–Trinajstić information content (AvgIpc) is 3.31. The summed E-state index contributed by atoms with van der Waals surface area (Å²) in [4.78, 5) is 145. The maximum absolute atomic E-state index is 14.1. The monoisotopic (exact) mass is 1020 g/mol. The molecule has 0 unspecified atom stereocenters. The van der Waals surface area contributed by atoms with Crippen molar-refractivity contribution in [1.82, 2.24) is 42.5 Å². The van der Waals surface area contributed by atoms with Gasteiger partial charge in [0, 0.05) is 6.42 Å². The molecule has 0 heterocycles. The molecule has 0 aromatic heterocycles. The lowest BCUT2D eigenvalue weighted by Gasteiger charge is -2.30. The van der Waals surface area contributed by atoms with E-state index in [1.807, 2.05) is 6.07 Å². The lowest BCUT2D eigenvalue weighted by atomic mass is 9.94. The van der Waals surface area contributed by atoms with E-state index >= 15 is 0 Å². The van der Waals surface area contributed by atoms with Crippen LogP contribution >= 0.6 is 0 Å². The van der Waals surface area contributed by atoms with Crippen molar-refractivity contribution in [3.63, 3.8) is 0 Å². The second-order valence-electron chi connectivity index (χ2n) is 18.6. The van der Waals surface area contributed by atoms with Gasteiger partial charge in [-0.05, 0) is 82.2 Å². The van der Waals surface area contributed by atoms with Crippen molar-refractivity contribution in [1.29, 1.82) is 0 Å². The van der Waals surface area contributed by atoms with E-state index in [1.165, 1.54) is 13.8 Å². The van der Waals surface area contributed by atoms with Gasteiger partial charge in [-0.25, -0.2) is 0 Å². The zero-order valence-electron chi connectivity index (χ0n) is 42.7. The van der Waals surface area contributed by atoms with Gasteiger partial charge in [0.1, 0.15) is 48.3 Å². The van der Waals surface area contributed by atoms with Crippen molar-refractivity contribution >= 4 is 65.1 Å². The Morgan fingerprint density at radius 2 is 1.00 bits per heavy atom. The molecule has 404 valence electrons. The van der Waals surface area contributed by atoms with Gasteiger partial charge in [0.25, 0.3) is 0 Å². The van der Waals surface area contributed by atoms with Gasteiger partial charge in [0.2, 0.25) is 53.2 Å². The highest BCUT2D eigenvalue weighted by atomic mass is 16.4. The molecule has 1 aromatic rings. The first-order valence-corrected chi connectivity index (χ1v) is 24.4. The number of unbranched alkanes of at least 4 members (excludes halogenated alkanes) is 1. The Balaban J connectivity index is 3.43. The Hall–Kier alpha value is -6.69. The molecule has 0 aliphatic heterocycles. The van der Waals surface area contributed by atoms with E-state index in [2.05, 4.69) is 42.5 Å². The summed E-state index contributed by atoms with van der Waals surface area (Å²) in [5, 5.41) is 38.7. The van der Waals surface area contributed by atoms with Crippen molar-refractivity contribution < 1.29 is 63.0 Å². The molecule has 1 rings (SSSR count). The van der Waals surface area contributed by atoms with Crippen molar-refractivity contribution in [2.24, 2.45) is 35.0 Å². The number of nitrogens with two attached hydrogens (primary N) is 3. The topological polar surface area (TPSA) is 403 Å². The van der Waals surface area contributed by atoms with E-state index in [4.69, 9.17) is 22.3 Å². The van der Waals surface area contributed by atoms with Crippen LogP contribution in [-0.2, 0) is 59.2 Å². The van der Waals surface area contributed by atoms with Gasteiger partial charge in [-0.15, -0.1) is 0 Å². The second kappa shape index (κ2) is 32.3. The molecule has 24 nitrogen and oxygen atoms in total. The number of benzene rings is 1. The zero-order valence-corrected chi connectivity index (χ0v) is 42.7. The second-order valence-corrected chi connectivity index (χ2v) is 18.6. The van der Waals surface area contributed by atoms with Crippen molar-refractivity contribution in [2.75, 3.05) is 6.54 Å². The molecule has 24 heteroatoms. The van der Waals surface area contributed by atoms with Crippen LogP contribution in [0.1, 0.15) is 119 Å². The third kappa shape index (κ3) is 23.0. The number of amides is 9. The molecule has 0 fully saturated rings. The minimum atomic E-state index is -1.78. The van der Waals surface area contributed by atoms with Crippen molar-refractivity contribution in [3.05, 3.63) is 35.9 Å². The normalized spacial score (nSPS) is 15.7. The summed E-state index contributed by atoms with van der Waals surface area (Å²) in [6, 6.07) is -3.04. The minimum Gasteiger partial charge on any atom is -0.481 e. The fourth-order valence-electron chi connectivity index (χ4n) is 7.14. The summed E-state index contributed by atoms with van der Waals surface area (Å²) < 4.78 is 0. The van der Waals surface area contributed by atoms with E-state index in [0.717, 1.165) is 5.56 Å². The van der Waals surface area contributed by atoms with Crippen LogP contribution in [0.25, 0.3) is 0 Å². The molecule has 0 bridgehead atoms. The van der Waals surface area contributed by atoms with E-state index < -0.39 is 151 Å². The Morgan fingerprint density at radius 1 is 0.542 bits per heavy atom. The van der Waals surface area contributed by atoms with Crippen LogP contribution in [0.15, 0.2) is 30.3 Å². The Bertz CT molecular complexity index is 2010. The van der Waals surface area contributed by atoms with E-state index in [1.54, 1.807) is 65.8 Å².